The zero-order valence-electron chi connectivity index (χ0n) is 6.05. The number of likely N-dealkylation sites (tertiary alicyclic amines) is 1. The lowest BCUT2D eigenvalue weighted by molar-refractivity contribution is -0.119. The number of hydrogen-bond acceptors (Lipinski definition) is 2. The van der Waals surface area contributed by atoms with E-state index in [9.17, 15) is 4.79 Å². The molecule has 3 heteroatoms. The predicted octanol–water partition coefficient (Wildman–Crippen LogP) is -0.228. The molecule has 0 atom stereocenters. The number of rotatable bonds is 2. The second-order valence-electron chi connectivity index (χ2n) is 2.61. The van der Waals surface area contributed by atoms with Gasteiger partial charge in [0.1, 0.15) is 0 Å². The van der Waals surface area contributed by atoms with Crippen LogP contribution in [0.25, 0.3) is 0 Å². The van der Waals surface area contributed by atoms with Crippen LogP contribution in [0.3, 0.4) is 0 Å². The summed E-state index contributed by atoms with van der Waals surface area (Å²) in [4.78, 5) is 12.5. The van der Waals surface area contributed by atoms with Gasteiger partial charge in [0.25, 0.3) is 0 Å². The molecule has 0 aliphatic carbocycles. The average molecular weight is 141 g/mol. The van der Waals surface area contributed by atoms with Crippen LogP contribution in [0.4, 0.5) is 0 Å². The first kappa shape index (κ1) is 7.54. The van der Waals surface area contributed by atoms with Crippen molar-refractivity contribution in [3.63, 3.8) is 0 Å². The zero-order valence-corrected chi connectivity index (χ0v) is 6.05. The Morgan fingerprint density at radius 3 is 2.60 bits per heavy atom. The zero-order chi connectivity index (χ0) is 7.40. The largest absolute Gasteiger partial charge is 0.369 e. The minimum Gasteiger partial charge on any atom is -0.369 e. The number of nitrogens with zero attached hydrogens (tertiary/aromatic N) is 1. The molecule has 57 valence electrons. The fraction of sp³-hybridized carbons (Fsp3) is 0.714. The maximum Gasteiger partial charge on any atom is 0.231 e. The molecule has 3 nitrogen and oxygen atoms in total. The van der Waals surface area contributed by atoms with Crippen LogP contribution in [0.5, 0.6) is 0 Å². The van der Waals surface area contributed by atoms with Crippen molar-refractivity contribution >= 4 is 5.91 Å². The number of piperidine rings is 1. The van der Waals surface area contributed by atoms with Gasteiger partial charge >= 0.3 is 0 Å². The van der Waals surface area contributed by atoms with Crippen LogP contribution in [-0.4, -0.2) is 30.4 Å². The van der Waals surface area contributed by atoms with Gasteiger partial charge in [-0.2, -0.15) is 0 Å². The second-order valence-corrected chi connectivity index (χ2v) is 2.61. The topological polar surface area (TPSA) is 46.3 Å². The van der Waals surface area contributed by atoms with Crippen LogP contribution >= 0.6 is 0 Å². The van der Waals surface area contributed by atoms with Crippen molar-refractivity contribution in [2.24, 2.45) is 5.73 Å². The van der Waals surface area contributed by atoms with E-state index in [0.29, 0.717) is 6.54 Å². The quantitative estimate of drug-likeness (QED) is 0.577. The van der Waals surface area contributed by atoms with Crippen LogP contribution in [0, 0.1) is 6.42 Å². The van der Waals surface area contributed by atoms with Crippen molar-refractivity contribution in [2.75, 3.05) is 19.6 Å². The number of carbonyl (C=O) groups excluding carboxylic acids is 1. The number of primary amides is 1. The molecule has 0 spiro atoms. The van der Waals surface area contributed by atoms with E-state index in [-0.39, 0.29) is 5.91 Å². The van der Waals surface area contributed by atoms with E-state index in [1.807, 2.05) is 0 Å². The highest BCUT2D eigenvalue weighted by Crippen LogP contribution is 2.05. The van der Waals surface area contributed by atoms with Crippen molar-refractivity contribution in [1.82, 2.24) is 4.90 Å². The summed E-state index contributed by atoms with van der Waals surface area (Å²) < 4.78 is 0. The van der Waals surface area contributed by atoms with Crippen molar-refractivity contribution < 1.29 is 4.79 Å². The monoisotopic (exact) mass is 141 g/mol. The summed E-state index contributed by atoms with van der Waals surface area (Å²) in [6.45, 7) is 2.40. The normalized spacial score (nSPS) is 20.8. The van der Waals surface area contributed by atoms with E-state index in [1.165, 1.54) is 0 Å². The van der Waals surface area contributed by atoms with E-state index in [4.69, 9.17) is 5.73 Å². The summed E-state index contributed by atoms with van der Waals surface area (Å²) in [5.41, 5.74) is 5.03. The smallest absolute Gasteiger partial charge is 0.231 e. The molecule has 1 heterocycles. The van der Waals surface area contributed by atoms with Crippen molar-refractivity contribution in [2.45, 2.75) is 12.8 Å². The predicted molar refractivity (Wildman–Crippen MR) is 39.2 cm³/mol. The Morgan fingerprint density at radius 2 is 2.10 bits per heavy atom. The van der Waals surface area contributed by atoms with E-state index in [1.54, 1.807) is 0 Å². The second kappa shape index (κ2) is 3.56. The molecule has 1 aliphatic rings. The van der Waals surface area contributed by atoms with Crippen molar-refractivity contribution in [1.29, 1.82) is 0 Å². The first-order chi connectivity index (χ1) is 4.79. The standard InChI is InChI=1S/C7H13N2O/c8-7(10)6-9-4-2-1-3-5-9/h1H,2-6H2,(H2,8,10). The molecule has 1 radical (unpaired) electrons. The van der Waals surface area contributed by atoms with Crippen molar-refractivity contribution in [3.05, 3.63) is 6.42 Å². The number of carbonyl (C=O) groups is 1. The first-order valence-electron chi connectivity index (χ1n) is 3.61. The Bertz CT molecular complexity index is 119. The number of amides is 1. The third kappa shape index (κ3) is 2.35. The van der Waals surface area contributed by atoms with Gasteiger partial charge in [-0.25, -0.2) is 0 Å². The summed E-state index contributed by atoms with van der Waals surface area (Å²) >= 11 is 0. The molecule has 0 saturated carbocycles. The van der Waals surface area contributed by atoms with E-state index in [0.717, 1.165) is 25.9 Å². The Morgan fingerprint density at radius 1 is 1.50 bits per heavy atom. The minimum atomic E-state index is -0.220. The Labute approximate surface area is 61.2 Å². The molecule has 1 rings (SSSR count). The summed E-state index contributed by atoms with van der Waals surface area (Å²) in [5, 5.41) is 0. The summed E-state index contributed by atoms with van der Waals surface area (Å²) in [6, 6.07) is 0. The lowest BCUT2D eigenvalue weighted by atomic mass is 10.1. The summed E-state index contributed by atoms with van der Waals surface area (Å²) in [7, 11) is 0. The molecule has 0 unspecified atom stereocenters. The molecule has 1 aliphatic heterocycles. The minimum absolute atomic E-state index is 0.220. The summed E-state index contributed by atoms with van der Waals surface area (Å²) in [5.74, 6) is -0.220. The molecule has 1 fully saturated rings. The van der Waals surface area contributed by atoms with Crippen LogP contribution in [0.1, 0.15) is 12.8 Å². The molecule has 1 amide bonds. The first-order valence-corrected chi connectivity index (χ1v) is 3.61. The van der Waals surface area contributed by atoms with Crippen LogP contribution in [0.15, 0.2) is 0 Å². The van der Waals surface area contributed by atoms with Gasteiger partial charge in [-0.1, -0.05) is 0 Å². The molecule has 0 aromatic heterocycles. The third-order valence-corrected chi connectivity index (χ3v) is 1.68. The van der Waals surface area contributed by atoms with Gasteiger partial charge in [-0.15, -0.1) is 0 Å². The van der Waals surface area contributed by atoms with Gasteiger partial charge in [-0.3, -0.25) is 9.69 Å². The Hall–Kier alpha value is -0.570. The van der Waals surface area contributed by atoms with Gasteiger partial charge in [0.05, 0.1) is 6.54 Å². The highest BCUT2D eigenvalue weighted by Gasteiger charge is 2.11. The van der Waals surface area contributed by atoms with E-state index >= 15 is 0 Å². The molecule has 0 bridgehead atoms. The SMILES string of the molecule is NC(=O)CN1CC[CH]CC1. The van der Waals surface area contributed by atoms with Crippen LogP contribution in [-0.2, 0) is 4.79 Å². The number of hydrogen-bond donors (Lipinski definition) is 1. The lowest BCUT2D eigenvalue weighted by Gasteiger charge is -2.24. The van der Waals surface area contributed by atoms with Gasteiger partial charge in [0.2, 0.25) is 5.91 Å². The van der Waals surface area contributed by atoms with Gasteiger partial charge in [-0.05, 0) is 32.4 Å². The van der Waals surface area contributed by atoms with Crippen molar-refractivity contribution in [3.8, 4) is 0 Å². The lowest BCUT2D eigenvalue weighted by Crippen LogP contribution is -2.37. The molecule has 2 N–H and O–H groups in total. The highest BCUT2D eigenvalue weighted by atomic mass is 16.1. The molecular weight excluding hydrogens is 128 g/mol. The van der Waals surface area contributed by atoms with Crippen LogP contribution < -0.4 is 5.73 Å². The molecular formula is C7H13N2O. The molecule has 1 saturated heterocycles. The highest BCUT2D eigenvalue weighted by molar-refractivity contribution is 5.75. The molecule has 0 aromatic rings. The maximum absolute atomic E-state index is 10.4. The Kier molecular flexibility index (Phi) is 2.68. The van der Waals surface area contributed by atoms with E-state index in [2.05, 4.69) is 11.3 Å². The Balaban J connectivity index is 2.19. The van der Waals surface area contributed by atoms with Gasteiger partial charge in [0, 0.05) is 0 Å². The fourth-order valence-electron chi connectivity index (χ4n) is 1.18. The molecule has 0 aromatic carbocycles. The summed E-state index contributed by atoms with van der Waals surface area (Å²) in [6.07, 6.45) is 4.43. The van der Waals surface area contributed by atoms with Gasteiger partial charge < -0.3 is 5.73 Å². The fourth-order valence-corrected chi connectivity index (χ4v) is 1.18. The maximum atomic E-state index is 10.4. The van der Waals surface area contributed by atoms with E-state index < -0.39 is 0 Å². The third-order valence-electron chi connectivity index (χ3n) is 1.68. The molecule has 10 heavy (non-hydrogen) atoms. The number of nitrogens with two attached hydrogens (primary N) is 1. The van der Waals surface area contributed by atoms with Crippen LogP contribution in [0.2, 0.25) is 0 Å². The average Bonchev–Trinajstić information content (AvgIpc) is 1.88. The van der Waals surface area contributed by atoms with Gasteiger partial charge in [0.15, 0.2) is 0 Å².